The van der Waals surface area contributed by atoms with E-state index in [0.717, 1.165) is 6.42 Å². The summed E-state index contributed by atoms with van der Waals surface area (Å²) in [6.45, 7) is 9.72. The summed E-state index contributed by atoms with van der Waals surface area (Å²) in [5, 5.41) is 8.09. The lowest BCUT2D eigenvalue weighted by Crippen LogP contribution is -2.39. The van der Waals surface area contributed by atoms with Crippen molar-refractivity contribution in [3.8, 4) is 0 Å². The highest BCUT2D eigenvalue weighted by molar-refractivity contribution is 6.01. The Morgan fingerprint density at radius 3 is 1.78 bits per heavy atom. The fourth-order valence-electron chi connectivity index (χ4n) is 7.52. The zero-order chi connectivity index (χ0) is 28.2. The van der Waals surface area contributed by atoms with E-state index in [2.05, 4.69) is 161 Å². The molecule has 5 aromatic rings. The molecule has 2 aliphatic rings. The van der Waals surface area contributed by atoms with Gasteiger partial charge in [-0.15, -0.1) is 0 Å². The molecule has 0 saturated carbocycles. The van der Waals surface area contributed by atoms with Gasteiger partial charge in [0.2, 0.25) is 0 Å². The number of hydrogen-bond donors (Lipinski definition) is 0. The van der Waals surface area contributed by atoms with Crippen molar-refractivity contribution in [2.24, 2.45) is 0 Å². The number of fused-ring (bicyclic) bond motifs is 4. The summed E-state index contributed by atoms with van der Waals surface area (Å²) in [5.41, 5.74) is 7.74. The monoisotopic (exact) mass is 528 g/mol. The first-order valence-corrected chi connectivity index (χ1v) is 14.8. The van der Waals surface area contributed by atoms with E-state index in [4.69, 9.17) is 0 Å². The van der Waals surface area contributed by atoms with Crippen LogP contribution in [-0.2, 0) is 10.8 Å². The summed E-state index contributed by atoms with van der Waals surface area (Å²) in [4.78, 5) is 0. The summed E-state index contributed by atoms with van der Waals surface area (Å²) < 4.78 is 0. The Balaban J connectivity index is 1.84. The molecule has 0 fully saturated rings. The first-order valence-electron chi connectivity index (χ1n) is 14.8. The van der Waals surface area contributed by atoms with E-state index >= 15 is 0 Å². The van der Waals surface area contributed by atoms with Gasteiger partial charge in [-0.1, -0.05) is 155 Å². The van der Waals surface area contributed by atoms with Gasteiger partial charge in [-0.05, 0) is 77.5 Å². The molecule has 0 atom stereocenters. The molecule has 0 saturated heterocycles. The van der Waals surface area contributed by atoms with Crippen molar-refractivity contribution < 1.29 is 0 Å². The third-order valence-electron chi connectivity index (χ3n) is 9.37. The third-order valence-corrected chi connectivity index (χ3v) is 9.37. The normalized spacial score (nSPS) is 14.0. The van der Waals surface area contributed by atoms with Gasteiger partial charge < -0.3 is 0 Å². The van der Waals surface area contributed by atoms with Crippen LogP contribution in [0.3, 0.4) is 0 Å². The standard InChI is InChI=1S/C41H36/c1-40(2,30-20-7-5-8-21-30)39(41(3,4)31-22-9-6-10-23-31)38-36(28-17-11-12-18-28)34-26-16-15-25-33(34)35-27-29-19-13-14-24-32(29)37(35)38/h5-17,19-27H,18H2,1-4H3. The average Bonchev–Trinajstić information content (AvgIpc) is 3.67. The van der Waals surface area contributed by atoms with Gasteiger partial charge in [-0.2, -0.15) is 0 Å². The molecule has 0 spiro atoms. The number of benzene rings is 5. The first-order chi connectivity index (χ1) is 19.9. The van der Waals surface area contributed by atoms with Crippen LogP contribution in [0, 0.1) is 10.4 Å². The molecule has 41 heavy (non-hydrogen) atoms. The van der Waals surface area contributed by atoms with Gasteiger partial charge in [0, 0.05) is 10.8 Å². The topological polar surface area (TPSA) is 0 Å². The van der Waals surface area contributed by atoms with E-state index in [1.807, 2.05) is 0 Å². The SMILES string of the molecule is CC(C)(C(=c1c(C2=CC=CC2)c2ccccc2c2c1=c1ccccc1=C2)C(C)(C)c1ccccc1)c1ccccc1. The maximum atomic E-state index is 2.43. The Bertz CT molecular complexity index is 2030. The first kappa shape index (κ1) is 25.5. The molecule has 0 radical (unpaired) electrons. The van der Waals surface area contributed by atoms with Crippen LogP contribution in [0.5, 0.6) is 0 Å². The molecule has 0 aromatic heterocycles. The van der Waals surface area contributed by atoms with Crippen LogP contribution in [0.4, 0.5) is 0 Å². The predicted molar refractivity (Wildman–Crippen MR) is 175 cm³/mol. The second-order valence-electron chi connectivity index (χ2n) is 12.5. The smallest absolute Gasteiger partial charge is 0.0123 e. The van der Waals surface area contributed by atoms with Gasteiger partial charge in [0.1, 0.15) is 0 Å². The zero-order valence-electron chi connectivity index (χ0n) is 24.4. The van der Waals surface area contributed by atoms with Crippen LogP contribution in [-0.4, -0.2) is 0 Å². The van der Waals surface area contributed by atoms with Crippen molar-refractivity contribution in [2.75, 3.05) is 0 Å². The van der Waals surface area contributed by atoms with Crippen LogP contribution in [0.25, 0.3) is 28.0 Å². The van der Waals surface area contributed by atoms with Crippen LogP contribution in [0.15, 0.2) is 127 Å². The minimum Gasteiger partial charge on any atom is -0.0801 e. The molecule has 0 N–H and O–H groups in total. The second kappa shape index (κ2) is 9.60. The molecule has 0 unspecified atom stereocenters. The van der Waals surface area contributed by atoms with Gasteiger partial charge in [-0.3, -0.25) is 0 Å². The van der Waals surface area contributed by atoms with E-state index in [0.29, 0.717) is 0 Å². The van der Waals surface area contributed by atoms with Crippen LogP contribution < -0.4 is 10.4 Å². The lowest BCUT2D eigenvalue weighted by Gasteiger charge is -2.41. The molecular weight excluding hydrogens is 492 g/mol. The lowest BCUT2D eigenvalue weighted by atomic mass is 9.62. The molecule has 0 heteroatoms. The Morgan fingerprint density at radius 1 is 0.610 bits per heavy atom. The van der Waals surface area contributed by atoms with Crippen molar-refractivity contribution in [1.82, 2.24) is 0 Å². The largest absolute Gasteiger partial charge is 0.0801 e. The molecule has 2 aliphatic carbocycles. The minimum absolute atomic E-state index is 0.254. The highest BCUT2D eigenvalue weighted by Crippen LogP contribution is 2.46. The highest BCUT2D eigenvalue weighted by atomic mass is 14.4. The molecule has 7 rings (SSSR count). The fraction of sp³-hybridized carbons (Fsp3) is 0.171. The van der Waals surface area contributed by atoms with Crippen molar-refractivity contribution in [2.45, 2.75) is 44.9 Å². The van der Waals surface area contributed by atoms with Gasteiger partial charge in [0.15, 0.2) is 0 Å². The molecule has 5 aromatic carbocycles. The van der Waals surface area contributed by atoms with Crippen LogP contribution in [0.2, 0.25) is 0 Å². The molecule has 0 heterocycles. The molecule has 0 bridgehead atoms. The molecule has 0 aliphatic heterocycles. The van der Waals surface area contributed by atoms with E-state index in [1.165, 1.54) is 65.0 Å². The van der Waals surface area contributed by atoms with Gasteiger partial charge >= 0.3 is 0 Å². The third kappa shape index (κ3) is 3.97. The minimum atomic E-state index is -0.254. The fourth-order valence-corrected chi connectivity index (χ4v) is 7.52. The Kier molecular flexibility index (Phi) is 5.98. The van der Waals surface area contributed by atoms with E-state index in [9.17, 15) is 0 Å². The zero-order valence-corrected chi connectivity index (χ0v) is 24.4. The van der Waals surface area contributed by atoms with Gasteiger partial charge in [-0.25, -0.2) is 0 Å². The van der Waals surface area contributed by atoms with E-state index < -0.39 is 0 Å². The van der Waals surface area contributed by atoms with E-state index in [-0.39, 0.29) is 10.8 Å². The Morgan fingerprint density at radius 2 is 1.17 bits per heavy atom. The second-order valence-corrected chi connectivity index (χ2v) is 12.5. The van der Waals surface area contributed by atoms with Crippen molar-refractivity contribution in [3.05, 3.63) is 171 Å². The Labute approximate surface area is 243 Å². The molecule has 0 amide bonds. The average molecular weight is 529 g/mol. The number of rotatable bonds is 5. The lowest BCUT2D eigenvalue weighted by molar-refractivity contribution is 0.562. The summed E-state index contributed by atoms with van der Waals surface area (Å²) in [6.07, 6.45) is 10.2. The predicted octanol–water partition coefficient (Wildman–Crippen LogP) is 8.72. The maximum Gasteiger partial charge on any atom is 0.0123 e. The van der Waals surface area contributed by atoms with Crippen molar-refractivity contribution in [1.29, 1.82) is 0 Å². The van der Waals surface area contributed by atoms with Crippen LogP contribution in [0.1, 0.15) is 56.4 Å². The van der Waals surface area contributed by atoms with Crippen LogP contribution >= 0.6 is 0 Å². The summed E-state index contributed by atoms with van der Waals surface area (Å²) >= 11 is 0. The summed E-state index contributed by atoms with van der Waals surface area (Å²) in [6, 6.07) is 40.2. The highest BCUT2D eigenvalue weighted by Gasteiger charge is 2.39. The van der Waals surface area contributed by atoms with Gasteiger partial charge in [0.05, 0.1) is 0 Å². The molecule has 0 nitrogen and oxygen atoms in total. The van der Waals surface area contributed by atoms with Crippen molar-refractivity contribution >= 4 is 28.0 Å². The summed E-state index contributed by atoms with van der Waals surface area (Å²) in [5.74, 6) is 0. The van der Waals surface area contributed by atoms with Crippen molar-refractivity contribution in [3.63, 3.8) is 0 Å². The number of allylic oxidation sites excluding steroid dienone is 4. The van der Waals surface area contributed by atoms with Gasteiger partial charge in [0.25, 0.3) is 0 Å². The maximum absolute atomic E-state index is 2.43. The molecule has 200 valence electrons. The Hall–Kier alpha value is -4.42. The molecular formula is C41H36. The quantitative estimate of drug-likeness (QED) is 0.210. The number of hydrogen-bond acceptors (Lipinski definition) is 0. The van der Waals surface area contributed by atoms with E-state index in [1.54, 1.807) is 0 Å². The summed E-state index contributed by atoms with van der Waals surface area (Å²) in [7, 11) is 0.